The molecule has 0 unspecified atom stereocenters. The van der Waals surface area contributed by atoms with E-state index in [4.69, 9.17) is 17.3 Å². The van der Waals surface area contributed by atoms with Crippen LogP contribution >= 0.6 is 11.6 Å². The van der Waals surface area contributed by atoms with E-state index in [0.29, 0.717) is 5.02 Å². The molecule has 13 heavy (non-hydrogen) atoms. The predicted molar refractivity (Wildman–Crippen MR) is 52.8 cm³/mol. The summed E-state index contributed by atoms with van der Waals surface area (Å²) in [6, 6.07) is 5.34. The van der Waals surface area contributed by atoms with Crippen LogP contribution in [0.4, 0.5) is 0 Å². The van der Waals surface area contributed by atoms with Crippen LogP contribution in [-0.4, -0.2) is 5.11 Å². The quantitative estimate of drug-likeness (QED) is 0.726. The number of aromatic hydroxyl groups is 1. The highest BCUT2D eigenvalue weighted by molar-refractivity contribution is 6.32. The molecule has 0 saturated heterocycles. The molecule has 1 aliphatic carbocycles. The zero-order valence-electron chi connectivity index (χ0n) is 7.26. The molecule has 1 fully saturated rings. The van der Waals surface area contributed by atoms with Crippen LogP contribution in [0.2, 0.25) is 5.02 Å². The van der Waals surface area contributed by atoms with Gasteiger partial charge in [0.15, 0.2) is 0 Å². The standard InChI is InChI=1S/C10H12ClNO/c11-8-4-1-3-7(9(8)13)10(12)5-2-6-10/h1,3-4,13H,2,5-6,12H2. The fraction of sp³-hybridized carbons (Fsp3) is 0.400. The van der Waals surface area contributed by atoms with E-state index in [1.54, 1.807) is 6.07 Å². The number of halogens is 1. The Hall–Kier alpha value is -0.730. The van der Waals surface area contributed by atoms with Gasteiger partial charge in [-0.1, -0.05) is 23.7 Å². The summed E-state index contributed by atoms with van der Waals surface area (Å²) < 4.78 is 0. The van der Waals surface area contributed by atoms with Gasteiger partial charge < -0.3 is 10.8 Å². The highest BCUT2D eigenvalue weighted by Crippen LogP contribution is 2.44. The lowest BCUT2D eigenvalue weighted by atomic mass is 9.72. The van der Waals surface area contributed by atoms with Gasteiger partial charge in [-0.05, 0) is 25.3 Å². The van der Waals surface area contributed by atoms with Crippen molar-refractivity contribution in [3.8, 4) is 5.75 Å². The molecule has 0 heterocycles. The number of rotatable bonds is 1. The molecule has 0 amide bonds. The van der Waals surface area contributed by atoms with Crippen molar-refractivity contribution in [1.29, 1.82) is 0 Å². The molecule has 0 bridgehead atoms. The van der Waals surface area contributed by atoms with Crippen molar-refractivity contribution in [1.82, 2.24) is 0 Å². The molecule has 1 aliphatic rings. The maximum Gasteiger partial charge on any atom is 0.139 e. The number of benzene rings is 1. The lowest BCUT2D eigenvalue weighted by molar-refractivity contribution is 0.245. The van der Waals surface area contributed by atoms with Gasteiger partial charge in [0, 0.05) is 11.1 Å². The Bertz CT molecular complexity index is 334. The Labute approximate surface area is 82.3 Å². The Morgan fingerprint density at radius 1 is 1.38 bits per heavy atom. The summed E-state index contributed by atoms with van der Waals surface area (Å²) in [7, 11) is 0. The van der Waals surface area contributed by atoms with Crippen molar-refractivity contribution in [2.75, 3.05) is 0 Å². The van der Waals surface area contributed by atoms with E-state index < -0.39 is 0 Å². The highest BCUT2D eigenvalue weighted by Gasteiger charge is 2.36. The van der Waals surface area contributed by atoms with E-state index in [1.807, 2.05) is 12.1 Å². The number of phenolic OH excluding ortho intramolecular Hbond substituents is 1. The zero-order chi connectivity index (χ0) is 9.47. The molecule has 70 valence electrons. The van der Waals surface area contributed by atoms with Crippen molar-refractivity contribution >= 4 is 11.6 Å². The number of hydrogen-bond acceptors (Lipinski definition) is 2. The largest absolute Gasteiger partial charge is 0.506 e. The van der Waals surface area contributed by atoms with Crippen LogP contribution in [0, 0.1) is 0 Å². The number of hydrogen-bond donors (Lipinski definition) is 2. The number of nitrogens with two attached hydrogens (primary N) is 1. The van der Waals surface area contributed by atoms with E-state index >= 15 is 0 Å². The summed E-state index contributed by atoms with van der Waals surface area (Å²) in [5.41, 5.74) is 6.52. The second kappa shape index (κ2) is 2.89. The molecule has 2 rings (SSSR count). The first kappa shape index (κ1) is 8.85. The van der Waals surface area contributed by atoms with Gasteiger partial charge >= 0.3 is 0 Å². The lowest BCUT2D eigenvalue weighted by Gasteiger charge is -2.38. The van der Waals surface area contributed by atoms with Crippen molar-refractivity contribution < 1.29 is 5.11 Å². The Morgan fingerprint density at radius 3 is 2.62 bits per heavy atom. The maximum atomic E-state index is 9.69. The third kappa shape index (κ3) is 1.30. The minimum absolute atomic E-state index is 0.145. The molecular formula is C10H12ClNO. The van der Waals surface area contributed by atoms with Crippen molar-refractivity contribution in [2.24, 2.45) is 5.73 Å². The first-order valence-corrected chi connectivity index (χ1v) is 4.78. The summed E-state index contributed by atoms with van der Waals surface area (Å²) in [6.45, 7) is 0. The predicted octanol–water partition coefficient (Wildman–Crippen LogP) is 2.38. The van der Waals surface area contributed by atoms with E-state index in [2.05, 4.69) is 0 Å². The van der Waals surface area contributed by atoms with Gasteiger partial charge in [0.2, 0.25) is 0 Å². The third-order valence-electron chi connectivity index (χ3n) is 2.77. The molecule has 1 aromatic carbocycles. The molecule has 0 aromatic heterocycles. The van der Waals surface area contributed by atoms with Gasteiger partial charge in [0.05, 0.1) is 5.02 Å². The molecule has 0 radical (unpaired) electrons. The highest BCUT2D eigenvalue weighted by atomic mass is 35.5. The summed E-state index contributed by atoms with van der Waals surface area (Å²) >= 11 is 5.80. The molecule has 2 nitrogen and oxygen atoms in total. The van der Waals surface area contributed by atoms with Crippen LogP contribution in [0.1, 0.15) is 24.8 Å². The van der Waals surface area contributed by atoms with E-state index in [0.717, 1.165) is 24.8 Å². The fourth-order valence-corrected chi connectivity index (χ4v) is 1.92. The van der Waals surface area contributed by atoms with E-state index in [1.165, 1.54) is 0 Å². The molecule has 1 aromatic rings. The SMILES string of the molecule is NC1(c2cccc(Cl)c2O)CCC1. The van der Waals surface area contributed by atoms with Crippen molar-refractivity contribution in [3.05, 3.63) is 28.8 Å². The Kier molecular flexibility index (Phi) is 1.97. The van der Waals surface area contributed by atoms with Crippen molar-refractivity contribution in [3.63, 3.8) is 0 Å². The smallest absolute Gasteiger partial charge is 0.139 e. The molecule has 0 aliphatic heterocycles. The van der Waals surface area contributed by atoms with Gasteiger partial charge in [0.25, 0.3) is 0 Å². The normalized spacial score (nSPS) is 19.5. The molecule has 0 spiro atoms. The van der Waals surface area contributed by atoms with Crippen LogP contribution in [0.3, 0.4) is 0 Å². The summed E-state index contributed by atoms with van der Waals surface area (Å²) in [4.78, 5) is 0. The number of phenols is 1. The Morgan fingerprint density at radius 2 is 2.08 bits per heavy atom. The molecule has 0 atom stereocenters. The van der Waals surface area contributed by atoms with E-state index in [-0.39, 0.29) is 11.3 Å². The molecule has 1 saturated carbocycles. The first-order chi connectivity index (χ1) is 6.13. The van der Waals surface area contributed by atoms with E-state index in [9.17, 15) is 5.11 Å². The molecule has 3 heteroatoms. The number of para-hydroxylation sites is 1. The summed E-state index contributed by atoms with van der Waals surface area (Å²) in [5.74, 6) is 0.145. The van der Waals surface area contributed by atoms with Crippen LogP contribution in [0.25, 0.3) is 0 Å². The molecular weight excluding hydrogens is 186 g/mol. The topological polar surface area (TPSA) is 46.2 Å². The summed E-state index contributed by atoms with van der Waals surface area (Å²) in [5, 5.41) is 10.1. The van der Waals surface area contributed by atoms with Crippen LogP contribution in [0.15, 0.2) is 18.2 Å². The second-order valence-corrected chi connectivity index (χ2v) is 4.05. The van der Waals surface area contributed by atoms with Gasteiger partial charge in [-0.3, -0.25) is 0 Å². The fourth-order valence-electron chi connectivity index (χ4n) is 1.74. The first-order valence-electron chi connectivity index (χ1n) is 4.40. The average molecular weight is 198 g/mol. The van der Waals surface area contributed by atoms with Gasteiger partial charge in [-0.15, -0.1) is 0 Å². The Balaban J connectivity index is 2.45. The van der Waals surface area contributed by atoms with Crippen LogP contribution < -0.4 is 5.73 Å². The van der Waals surface area contributed by atoms with Crippen LogP contribution in [-0.2, 0) is 5.54 Å². The van der Waals surface area contributed by atoms with Gasteiger partial charge in [-0.2, -0.15) is 0 Å². The van der Waals surface area contributed by atoms with Gasteiger partial charge in [0.1, 0.15) is 5.75 Å². The average Bonchev–Trinajstić information content (AvgIpc) is 2.06. The zero-order valence-corrected chi connectivity index (χ0v) is 8.01. The van der Waals surface area contributed by atoms with Gasteiger partial charge in [-0.25, -0.2) is 0 Å². The van der Waals surface area contributed by atoms with Crippen LogP contribution in [0.5, 0.6) is 5.75 Å². The minimum Gasteiger partial charge on any atom is -0.506 e. The summed E-state index contributed by atoms with van der Waals surface area (Å²) in [6.07, 6.45) is 2.99. The molecule has 3 N–H and O–H groups in total. The minimum atomic E-state index is -0.338. The third-order valence-corrected chi connectivity index (χ3v) is 3.07. The second-order valence-electron chi connectivity index (χ2n) is 3.65. The monoisotopic (exact) mass is 197 g/mol. The maximum absolute atomic E-state index is 9.69. The lowest BCUT2D eigenvalue weighted by Crippen LogP contribution is -2.43. The van der Waals surface area contributed by atoms with Crippen molar-refractivity contribution in [2.45, 2.75) is 24.8 Å².